The molecule has 0 bridgehead atoms. The SMILES string of the molecule is [Ni].[Ni].[SiH3][Cr]. The second-order valence-electron chi connectivity index (χ2n) is 0. The van der Waals surface area contributed by atoms with E-state index >= 15 is 0 Å². The van der Waals surface area contributed by atoms with E-state index in [2.05, 4.69) is 15.6 Å². The third-order valence-corrected chi connectivity index (χ3v) is 0. The molecule has 0 saturated heterocycles. The van der Waals surface area contributed by atoms with Gasteiger partial charge < -0.3 is 0 Å². The van der Waals surface area contributed by atoms with Gasteiger partial charge in [-0.2, -0.15) is 0 Å². The molecule has 0 nitrogen and oxygen atoms in total. The van der Waals surface area contributed by atoms with E-state index in [-0.39, 0.29) is 33.0 Å². The Hall–Kier alpha value is 1.74. The average Bonchev–Trinajstić information content (AvgIpc) is 1.00. The minimum atomic E-state index is 0. The van der Waals surface area contributed by atoms with Crippen molar-refractivity contribution in [3.8, 4) is 0 Å². The Labute approximate surface area is 57.2 Å². The van der Waals surface area contributed by atoms with E-state index in [1.54, 1.807) is 0 Å². The van der Waals surface area contributed by atoms with Gasteiger partial charge in [-0.3, -0.25) is 0 Å². The van der Waals surface area contributed by atoms with Crippen LogP contribution in [0.4, 0.5) is 0 Å². The van der Waals surface area contributed by atoms with E-state index < -0.39 is 0 Å². The number of rotatable bonds is 0. The minimum absolute atomic E-state index is 0. The number of hydrogen-bond donors (Lipinski definition) is 0. The van der Waals surface area contributed by atoms with Crippen molar-refractivity contribution in [2.24, 2.45) is 0 Å². The van der Waals surface area contributed by atoms with Crippen LogP contribution in [0.2, 0.25) is 0 Å². The van der Waals surface area contributed by atoms with Gasteiger partial charge in [0.1, 0.15) is 0 Å². The Morgan fingerprint density at radius 1 is 1.00 bits per heavy atom. The van der Waals surface area contributed by atoms with Gasteiger partial charge in [-0.15, -0.1) is 0 Å². The molecule has 0 heterocycles. The van der Waals surface area contributed by atoms with Crippen LogP contribution in [-0.2, 0) is 48.6 Å². The zero-order valence-electron chi connectivity index (χ0n) is 2.04. The van der Waals surface area contributed by atoms with Crippen LogP contribution < -0.4 is 0 Å². The topological polar surface area (TPSA) is 0 Å². The predicted octanol–water partition coefficient (Wildman–Crippen LogP) is -1.19. The molecule has 0 aromatic heterocycles. The van der Waals surface area contributed by atoms with Gasteiger partial charge in [0, 0.05) is 33.0 Å². The molecule has 0 rings (SSSR count). The van der Waals surface area contributed by atoms with Crippen molar-refractivity contribution in [2.45, 2.75) is 0 Å². The van der Waals surface area contributed by atoms with E-state index in [4.69, 9.17) is 0 Å². The molecule has 0 aliphatic rings. The molecule has 0 aliphatic heterocycles. The van der Waals surface area contributed by atoms with Gasteiger partial charge in [-0.05, 0) is 0 Å². The number of hydrogen-bond acceptors (Lipinski definition) is 0. The summed E-state index contributed by atoms with van der Waals surface area (Å²) in [5, 5.41) is 0. The first-order valence-electron chi connectivity index (χ1n) is 0.408. The molecule has 0 spiro atoms. The van der Waals surface area contributed by atoms with Crippen molar-refractivity contribution in [1.82, 2.24) is 0 Å². The molecule has 0 unspecified atom stereocenters. The molecule has 33 valence electrons. The molecule has 0 amide bonds. The summed E-state index contributed by atoms with van der Waals surface area (Å²) in [7, 11) is 1.18. The molecule has 0 fully saturated rings. The molecule has 0 saturated carbocycles. The van der Waals surface area contributed by atoms with Crippen molar-refractivity contribution in [2.75, 3.05) is 0 Å². The molecular weight excluding hydrogens is 197 g/mol. The molecule has 0 aliphatic carbocycles. The van der Waals surface area contributed by atoms with Crippen LogP contribution in [0.1, 0.15) is 0 Å². The summed E-state index contributed by atoms with van der Waals surface area (Å²) in [6.45, 7) is 0. The quantitative estimate of drug-likeness (QED) is 0.432. The Kier molecular flexibility index (Phi) is 94.2. The monoisotopic (exact) mass is 199 g/mol. The van der Waals surface area contributed by atoms with Crippen LogP contribution in [0.15, 0.2) is 0 Å². The van der Waals surface area contributed by atoms with Crippen LogP contribution in [0.3, 0.4) is 0 Å². The Morgan fingerprint density at radius 2 is 1.00 bits per heavy atom. The summed E-state index contributed by atoms with van der Waals surface area (Å²) in [6, 6.07) is 0. The molecular formula is H3CrNi2Si. The van der Waals surface area contributed by atoms with Crippen molar-refractivity contribution in [3.05, 3.63) is 0 Å². The third-order valence-electron chi connectivity index (χ3n) is 0. The second kappa shape index (κ2) is 21.9. The van der Waals surface area contributed by atoms with E-state index in [9.17, 15) is 0 Å². The van der Waals surface area contributed by atoms with Gasteiger partial charge in [0.25, 0.3) is 0 Å². The van der Waals surface area contributed by atoms with Crippen LogP contribution in [0, 0.1) is 0 Å². The average molecular weight is 200 g/mol. The molecule has 4 heteroatoms. The Morgan fingerprint density at radius 3 is 1.00 bits per heavy atom. The van der Waals surface area contributed by atoms with Crippen LogP contribution in [-0.4, -0.2) is 8.80 Å². The van der Waals surface area contributed by atoms with Gasteiger partial charge in [-0.25, -0.2) is 0 Å². The zero-order chi connectivity index (χ0) is 2.00. The van der Waals surface area contributed by atoms with Crippen molar-refractivity contribution >= 4 is 8.80 Å². The summed E-state index contributed by atoms with van der Waals surface area (Å²) >= 11 is 2.76. The first kappa shape index (κ1) is 17.2. The van der Waals surface area contributed by atoms with Crippen molar-refractivity contribution in [3.63, 3.8) is 0 Å². The fraction of sp³-hybridized carbons (Fsp3) is 0. The second-order valence-corrected chi connectivity index (χ2v) is 0. The molecule has 0 N–H and O–H groups in total. The zero-order valence-corrected chi connectivity index (χ0v) is 7.29. The predicted molar refractivity (Wildman–Crippen MR) is 9.94 cm³/mol. The van der Waals surface area contributed by atoms with Crippen molar-refractivity contribution in [1.29, 1.82) is 0 Å². The molecule has 4 heavy (non-hydrogen) atoms. The van der Waals surface area contributed by atoms with Gasteiger partial charge >= 0.3 is 24.4 Å². The Bertz CT molecular complexity index is 6.00. The maximum atomic E-state index is 2.76. The van der Waals surface area contributed by atoms with Crippen LogP contribution in [0.25, 0.3) is 0 Å². The van der Waals surface area contributed by atoms with Gasteiger partial charge in [0.05, 0.1) is 0 Å². The van der Waals surface area contributed by atoms with Crippen LogP contribution >= 0.6 is 0 Å². The van der Waals surface area contributed by atoms with Crippen LogP contribution in [0.5, 0.6) is 0 Å². The van der Waals surface area contributed by atoms with E-state index in [0.29, 0.717) is 0 Å². The molecule has 0 radical (unpaired) electrons. The maximum absolute atomic E-state index is 2.76. The van der Waals surface area contributed by atoms with Gasteiger partial charge in [-0.1, -0.05) is 0 Å². The molecule has 0 aromatic rings. The molecule has 0 aromatic carbocycles. The Balaban J connectivity index is -0.00000000500. The summed E-state index contributed by atoms with van der Waals surface area (Å²) in [5.41, 5.74) is 0. The van der Waals surface area contributed by atoms with E-state index in [0.717, 1.165) is 0 Å². The van der Waals surface area contributed by atoms with Gasteiger partial charge in [0.2, 0.25) is 0 Å². The fourth-order valence-electron chi connectivity index (χ4n) is 0. The first-order chi connectivity index (χ1) is 1.00. The van der Waals surface area contributed by atoms with E-state index in [1.165, 1.54) is 8.80 Å². The van der Waals surface area contributed by atoms with Crippen molar-refractivity contribution < 1.29 is 48.6 Å². The normalized spacial score (nSPS) is 2.00. The third kappa shape index (κ3) is 9.28. The standard InChI is InChI=1S/Cr.2Ni.H3Si/h;;;1H3. The summed E-state index contributed by atoms with van der Waals surface area (Å²) in [5.74, 6) is 0. The van der Waals surface area contributed by atoms with E-state index in [1.807, 2.05) is 0 Å². The summed E-state index contributed by atoms with van der Waals surface area (Å²) < 4.78 is 0. The fourth-order valence-corrected chi connectivity index (χ4v) is 0. The summed E-state index contributed by atoms with van der Waals surface area (Å²) in [6.07, 6.45) is 0. The van der Waals surface area contributed by atoms with Gasteiger partial charge in [0.15, 0.2) is 0 Å². The first-order valence-corrected chi connectivity index (χ1v) is 5.05. The molecule has 0 atom stereocenters. The summed E-state index contributed by atoms with van der Waals surface area (Å²) in [4.78, 5) is 0.